The van der Waals surface area contributed by atoms with Crippen LogP contribution in [-0.4, -0.2) is 32.4 Å². The van der Waals surface area contributed by atoms with Gasteiger partial charge in [-0.15, -0.1) is 10.2 Å². The minimum absolute atomic E-state index is 0.163. The van der Waals surface area contributed by atoms with E-state index in [-0.39, 0.29) is 11.9 Å². The molecule has 2 aromatic heterocycles. The summed E-state index contributed by atoms with van der Waals surface area (Å²) in [5.74, 6) is 1.01. The molecule has 0 bridgehead atoms. The summed E-state index contributed by atoms with van der Waals surface area (Å²) in [7, 11) is 0. The molecule has 1 aliphatic rings. The van der Waals surface area contributed by atoms with E-state index in [1.54, 1.807) is 12.1 Å². The van der Waals surface area contributed by atoms with Gasteiger partial charge in [0.15, 0.2) is 5.75 Å². The average Bonchev–Trinajstić information content (AvgIpc) is 2.76. The molecule has 1 fully saturated rings. The van der Waals surface area contributed by atoms with E-state index < -0.39 is 0 Å². The van der Waals surface area contributed by atoms with Crippen molar-refractivity contribution in [2.45, 2.75) is 31.8 Å². The van der Waals surface area contributed by atoms with Crippen molar-refractivity contribution in [3.05, 3.63) is 24.2 Å². The first kappa shape index (κ1) is 10.5. The lowest BCUT2D eigenvalue weighted by Crippen LogP contribution is -2.22. The minimum Gasteiger partial charge on any atom is -0.504 e. The van der Waals surface area contributed by atoms with E-state index in [1.807, 2.05) is 10.6 Å². The van der Waals surface area contributed by atoms with Crippen LogP contribution in [0.4, 0.5) is 0 Å². The first-order valence-electron chi connectivity index (χ1n) is 5.98. The highest BCUT2D eigenvalue weighted by Gasteiger charge is 2.18. The second-order valence-electron chi connectivity index (χ2n) is 4.40. The molecule has 1 unspecified atom stereocenters. The van der Waals surface area contributed by atoms with Crippen molar-refractivity contribution in [1.82, 2.24) is 14.6 Å². The summed E-state index contributed by atoms with van der Waals surface area (Å²) in [4.78, 5) is 0. The second-order valence-corrected chi connectivity index (χ2v) is 4.40. The molecular weight excluding hydrogens is 218 g/mol. The molecule has 0 saturated carbocycles. The fraction of sp³-hybridized carbons (Fsp3) is 0.500. The smallest absolute Gasteiger partial charge is 0.203 e. The van der Waals surface area contributed by atoms with Crippen LogP contribution in [-0.2, 0) is 11.2 Å². The lowest BCUT2D eigenvalue weighted by atomic mass is 10.1. The molecule has 0 amide bonds. The summed E-state index contributed by atoms with van der Waals surface area (Å²) in [6, 6.07) is 3.40. The molecule has 0 spiro atoms. The van der Waals surface area contributed by atoms with Gasteiger partial charge in [0.2, 0.25) is 5.65 Å². The van der Waals surface area contributed by atoms with E-state index in [1.165, 1.54) is 6.42 Å². The fourth-order valence-corrected chi connectivity index (χ4v) is 2.26. The topological polar surface area (TPSA) is 59.7 Å². The number of rotatable bonds is 2. The molecule has 1 aliphatic heterocycles. The van der Waals surface area contributed by atoms with Crippen LogP contribution in [0.3, 0.4) is 0 Å². The van der Waals surface area contributed by atoms with Crippen LogP contribution in [0.5, 0.6) is 5.75 Å². The molecule has 1 atom stereocenters. The fourth-order valence-electron chi connectivity index (χ4n) is 2.26. The Morgan fingerprint density at radius 2 is 2.35 bits per heavy atom. The van der Waals surface area contributed by atoms with Gasteiger partial charge in [0.05, 0.1) is 6.10 Å². The highest BCUT2D eigenvalue weighted by molar-refractivity contribution is 5.51. The zero-order valence-corrected chi connectivity index (χ0v) is 9.54. The largest absolute Gasteiger partial charge is 0.504 e. The van der Waals surface area contributed by atoms with Gasteiger partial charge in [-0.25, -0.2) is 0 Å². The molecule has 2 aromatic rings. The maximum Gasteiger partial charge on any atom is 0.203 e. The summed E-state index contributed by atoms with van der Waals surface area (Å²) in [6.07, 6.45) is 6.30. The lowest BCUT2D eigenvalue weighted by molar-refractivity contribution is 0.0155. The molecule has 5 nitrogen and oxygen atoms in total. The summed E-state index contributed by atoms with van der Waals surface area (Å²) >= 11 is 0. The van der Waals surface area contributed by atoms with Crippen LogP contribution in [0.1, 0.15) is 25.1 Å². The summed E-state index contributed by atoms with van der Waals surface area (Å²) in [5.41, 5.74) is 0.512. The van der Waals surface area contributed by atoms with Crippen molar-refractivity contribution in [3.8, 4) is 5.75 Å². The third-order valence-corrected chi connectivity index (χ3v) is 3.17. The second kappa shape index (κ2) is 4.33. The van der Waals surface area contributed by atoms with E-state index in [4.69, 9.17) is 4.74 Å². The number of hydrogen-bond acceptors (Lipinski definition) is 4. The quantitative estimate of drug-likeness (QED) is 0.854. The Balaban J connectivity index is 1.87. The molecule has 90 valence electrons. The van der Waals surface area contributed by atoms with Crippen molar-refractivity contribution in [3.63, 3.8) is 0 Å². The van der Waals surface area contributed by atoms with E-state index in [2.05, 4.69) is 10.2 Å². The molecule has 1 saturated heterocycles. The van der Waals surface area contributed by atoms with Gasteiger partial charge in [-0.1, -0.05) is 0 Å². The Morgan fingerprint density at radius 1 is 1.41 bits per heavy atom. The predicted molar refractivity (Wildman–Crippen MR) is 61.9 cm³/mol. The first-order chi connectivity index (χ1) is 8.34. The molecule has 3 heterocycles. The molecule has 1 N–H and O–H groups in total. The summed E-state index contributed by atoms with van der Waals surface area (Å²) < 4.78 is 7.51. The third kappa shape index (κ3) is 1.98. The Labute approximate surface area is 99.0 Å². The SMILES string of the molecule is Oc1cccn2c(CC3CCCCO3)nnc12. The van der Waals surface area contributed by atoms with Crippen molar-refractivity contribution >= 4 is 5.65 Å². The van der Waals surface area contributed by atoms with Crippen LogP contribution >= 0.6 is 0 Å². The molecule has 3 rings (SSSR count). The van der Waals surface area contributed by atoms with E-state index in [0.717, 1.165) is 31.7 Å². The lowest BCUT2D eigenvalue weighted by Gasteiger charge is -2.21. The predicted octanol–water partition coefficient (Wildman–Crippen LogP) is 1.55. The van der Waals surface area contributed by atoms with Gasteiger partial charge in [0.25, 0.3) is 0 Å². The van der Waals surface area contributed by atoms with Crippen LogP contribution < -0.4 is 0 Å². The van der Waals surface area contributed by atoms with Gasteiger partial charge in [-0.05, 0) is 31.4 Å². The number of aromatic nitrogens is 3. The van der Waals surface area contributed by atoms with Crippen molar-refractivity contribution in [2.75, 3.05) is 6.61 Å². The Morgan fingerprint density at radius 3 is 3.18 bits per heavy atom. The highest BCUT2D eigenvalue weighted by atomic mass is 16.5. The first-order valence-corrected chi connectivity index (χ1v) is 5.98. The normalized spacial score (nSPS) is 20.8. The van der Waals surface area contributed by atoms with Gasteiger partial charge in [0.1, 0.15) is 5.82 Å². The number of ether oxygens (including phenoxy) is 1. The molecule has 17 heavy (non-hydrogen) atoms. The standard InChI is InChI=1S/C12H15N3O2/c16-10-5-3-6-15-11(13-14-12(10)15)8-9-4-1-2-7-17-9/h3,5-6,9,16H,1-2,4,7-8H2. The average molecular weight is 233 g/mol. The maximum atomic E-state index is 9.64. The molecular formula is C12H15N3O2. The van der Waals surface area contributed by atoms with Crippen molar-refractivity contribution in [2.24, 2.45) is 0 Å². The molecule has 0 aromatic carbocycles. The van der Waals surface area contributed by atoms with Gasteiger partial charge >= 0.3 is 0 Å². The minimum atomic E-state index is 0.163. The zero-order valence-electron chi connectivity index (χ0n) is 9.54. The number of hydrogen-bond donors (Lipinski definition) is 1. The molecule has 5 heteroatoms. The monoisotopic (exact) mass is 233 g/mol. The van der Waals surface area contributed by atoms with Gasteiger partial charge in [0, 0.05) is 19.2 Å². The van der Waals surface area contributed by atoms with Gasteiger partial charge < -0.3 is 9.84 Å². The van der Waals surface area contributed by atoms with Crippen molar-refractivity contribution < 1.29 is 9.84 Å². The van der Waals surface area contributed by atoms with Crippen molar-refractivity contribution in [1.29, 1.82) is 0 Å². The Hall–Kier alpha value is -1.62. The van der Waals surface area contributed by atoms with Gasteiger partial charge in [-0.3, -0.25) is 4.40 Å². The molecule has 0 aliphatic carbocycles. The molecule has 0 radical (unpaired) electrons. The highest BCUT2D eigenvalue weighted by Crippen LogP contribution is 2.20. The Kier molecular flexibility index (Phi) is 2.68. The number of pyridine rings is 1. The summed E-state index contributed by atoms with van der Waals surface area (Å²) in [5, 5.41) is 17.8. The number of fused-ring (bicyclic) bond motifs is 1. The van der Waals surface area contributed by atoms with E-state index in [0.29, 0.717) is 5.65 Å². The zero-order chi connectivity index (χ0) is 11.7. The Bertz CT molecular complexity index is 517. The maximum absolute atomic E-state index is 9.64. The van der Waals surface area contributed by atoms with Crippen LogP contribution in [0.2, 0.25) is 0 Å². The summed E-state index contributed by atoms with van der Waals surface area (Å²) in [6.45, 7) is 0.840. The van der Waals surface area contributed by atoms with E-state index >= 15 is 0 Å². The van der Waals surface area contributed by atoms with Crippen LogP contribution in [0.25, 0.3) is 5.65 Å². The van der Waals surface area contributed by atoms with E-state index in [9.17, 15) is 5.11 Å². The van der Waals surface area contributed by atoms with Crippen LogP contribution in [0, 0.1) is 0 Å². The van der Waals surface area contributed by atoms with Crippen LogP contribution in [0.15, 0.2) is 18.3 Å². The number of aromatic hydroxyl groups is 1. The van der Waals surface area contributed by atoms with Gasteiger partial charge in [-0.2, -0.15) is 0 Å². The number of nitrogens with zero attached hydrogens (tertiary/aromatic N) is 3. The third-order valence-electron chi connectivity index (χ3n) is 3.17.